The Kier molecular flexibility index (Phi) is 5.25. The Morgan fingerprint density at radius 3 is 2.54 bits per heavy atom. The maximum atomic E-state index is 12.9. The van der Waals surface area contributed by atoms with Crippen LogP contribution in [-0.4, -0.2) is 27.4 Å². The highest BCUT2D eigenvalue weighted by Crippen LogP contribution is 2.33. The predicted molar refractivity (Wildman–Crippen MR) is 103 cm³/mol. The summed E-state index contributed by atoms with van der Waals surface area (Å²) in [7, 11) is -3.65. The standard InChI is InChI=1S/C19H21ClN2O3S/c1-13(2)12-21-19(23)15-3-8-18-14(11-15)9-10-22(18)26(24,25)17-6-4-16(20)5-7-17/h3-8,11,13H,9-10,12H2,1-2H3,(H,21,23). The lowest BCUT2D eigenvalue weighted by Crippen LogP contribution is -2.29. The number of rotatable bonds is 5. The van der Waals surface area contributed by atoms with Gasteiger partial charge >= 0.3 is 0 Å². The van der Waals surface area contributed by atoms with Crippen LogP contribution >= 0.6 is 11.6 Å². The predicted octanol–water partition coefficient (Wildman–Crippen LogP) is 3.48. The van der Waals surface area contributed by atoms with Crippen molar-refractivity contribution < 1.29 is 13.2 Å². The topological polar surface area (TPSA) is 66.5 Å². The van der Waals surface area contributed by atoms with E-state index in [1.165, 1.54) is 16.4 Å². The lowest BCUT2D eigenvalue weighted by atomic mass is 10.1. The number of nitrogens with one attached hydrogen (secondary N) is 1. The largest absolute Gasteiger partial charge is 0.352 e. The summed E-state index contributed by atoms with van der Waals surface area (Å²) < 4.78 is 27.2. The quantitative estimate of drug-likeness (QED) is 0.847. The van der Waals surface area contributed by atoms with Gasteiger partial charge in [0, 0.05) is 23.7 Å². The second-order valence-electron chi connectivity index (χ2n) is 6.73. The van der Waals surface area contributed by atoms with Crippen LogP contribution in [0.1, 0.15) is 29.8 Å². The van der Waals surface area contributed by atoms with Crippen molar-refractivity contribution in [3.63, 3.8) is 0 Å². The van der Waals surface area contributed by atoms with E-state index in [-0.39, 0.29) is 10.8 Å². The SMILES string of the molecule is CC(C)CNC(=O)c1ccc2c(c1)CCN2S(=O)(=O)c1ccc(Cl)cc1. The third-order valence-corrected chi connectivity index (χ3v) is 6.35. The highest BCUT2D eigenvalue weighted by atomic mass is 35.5. The van der Waals surface area contributed by atoms with E-state index >= 15 is 0 Å². The zero-order valence-electron chi connectivity index (χ0n) is 14.7. The van der Waals surface area contributed by atoms with Gasteiger partial charge in [-0.2, -0.15) is 0 Å². The van der Waals surface area contributed by atoms with Crippen LogP contribution in [-0.2, 0) is 16.4 Å². The minimum Gasteiger partial charge on any atom is -0.352 e. The smallest absolute Gasteiger partial charge is 0.264 e. The second-order valence-corrected chi connectivity index (χ2v) is 9.03. The Balaban J connectivity index is 1.86. The normalized spacial score (nSPS) is 13.8. The van der Waals surface area contributed by atoms with Crippen LogP contribution in [0.5, 0.6) is 0 Å². The number of anilines is 1. The Bertz CT molecular complexity index is 924. The molecule has 1 N–H and O–H groups in total. The molecule has 0 spiro atoms. The van der Waals surface area contributed by atoms with Gasteiger partial charge in [-0.05, 0) is 60.4 Å². The Morgan fingerprint density at radius 2 is 1.88 bits per heavy atom. The summed E-state index contributed by atoms with van der Waals surface area (Å²) in [6.45, 7) is 5.02. The molecule has 1 aliphatic rings. The van der Waals surface area contributed by atoms with Gasteiger partial charge in [0.1, 0.15) is 0 Å². The van der Waals surface area contributed by atoms with Gasteiger partial charge < -0.3 is 5.32 Å². The third-order valence-electron chi connectivity index (χ3n) is 4.27. The summed E-state index contributed by atoms with van der Waals surface area (Å²) >= 11 is 5.85. The fourth-order valence-corrected chi connectivity index (χ4v) is 4.52. The molecule has 0 saturated carbocycles. The van der Waals surface area contributed by atoms with Crippen molar-refractivity contribution in [3.05, 3.63) is 58.6 Å². The molecule has 0 radical (unpaired) electrons. The van der Waals surface area contributed by atoms with Gasteiger partial charge in [0.15, 0.2) is 0 Å². The fraction of sp³-hybridized carbons (Fsp3) is 0.316. The minimum atomic E-state index is -3.65. The molecule has 26 heavy (non-hydrogen) atoms. The van der Waals surface area contributed by atoms with E-state index in [0.29, 0.717) is 41.7 Å². The minimum absolute atomic E-state index is 0.138. The average Bonchev–Trinajstić information content (AvgIpc) is 3.04. The van der Waals surface area contributed by atoms with Crippen molar-refractivity contribution in [3.8, 4) is 0 Å². The van der Waals surface area contributed by atoms with E-state index in [9.17, 15) is 13.2 Å². The zero-order valence-corrected chi connectivity index (χ0v) is 16.3. The van der Waals surface area contributed by atoms with Crippen molar-refractivity contribution in [2.75, 3.05) is 17.4 Å². The number of benzene rings is 2. The molecule has 1 heterocycles. The lowest BCUT2D eigenvalue weighted by molar-refractivity contribution is 0.0949. The van der Waals surface area contributed by atoms with Crippen LogP contribution in [0.25, 0.3) is 0 Å². The van der Waals surface area contributed by atoms with Crippen molar-refractivity contribution in [2.45, 2.75) is 25.2 Å². The van der Waals surface area contributed by atoms with E-state index in [2.05, 4.69) is 5.32 Å². The molecule has 7 heteroatoms. The first-order valence-corrected chi connectivity index (χ1v) is 10.3. The number of sulfonamides is 1. The first-order valence-electron chi connectivity index (χ1n) is 8.48. The average molecular weight is 393 g/mol. The van der Waals surface area contributed by atoms with Gasteiger partial charge in [0.05, 0.1) is 10.6 Å². The highest BCUT2D eigenvalue weighted by Gasteiger charge is 2.31. The van der Waals surface area contributed by atoms with Crippen LogP contribution < -0.4 is 9.62 Å². The molecule has 2 aromatic carbocycles. The van der Waals surface area contributed by atoms with Crippen LogP contribution in [0.3, 0.4) is 0 Å². The fourth-order valence-electron chi connectivity index (χ4n) is 2.90. The summed E-state index contributed by atoms with van der Waals surface area (Å²) in [5.41, 5.74) is 2.04. The maximum absolute atomic E-state index is 12.9. The molecule has 0 aliphatic carbocycles. The molecule has 0 saturated heterocycles. The summed E-state index contributed by atoms with van der Waals surface area (Å²) in [5.74, 6) is 0.230. The number of amides is 1. The summed E-state index contributed by atoms with van der Waals surface area (Å²) in [4.78, 5) is 12.4. The molecule has 2 aromatic rings. The summed E-state index contributed by atoms with van der Waals surface area (Å²) in [6.07, 6.45) is 0.577. The molecule has 5 nitrogen and oxygen atoms in total. The van der Waals surface area contributed by atoms with E-state index in [4.69, 9.17) is 11.6 Å². The number of hydrogen-bond acceptors (Lipinski definition) is 3. The molecule has 138 valence electrons. The van der Waals surface area contributed by atoms with Gasteiger partial charge in [-0.25, -0.2) is 8.42 Å². The number of fused-ring (bicyclic) bond motifs is 1. The van der Waals surface area contributed by atoms with Crippen molar-refractivity contribution in [1.29, 1.82) is 0 Å². The van der Waals surface area contributed by atoms with Crippen LogP contribution in [0.15, 0.2) is 47.4 Å². The van der Waals surface area contributed by atoms with Crippen molar-refractivity contribution in [1.82, 2.24) is 5.32 Å². The number of hydrogen-bond donors (Lipinski definition) is 1. The van der Waals surface area contributed by atoms with E-state index in [1.54, 1.807) is 30.3 Å². The first-order chi connectivity index (χ1) is 12.3. The van der Waals surface area contributed by atoms with Crippen LogP contribution in [0, 0.1) is 5.92 Å². The molecule has 0 aromatic heterocycles. The van der Waals surface area contributed by atoms with Crippen LogP contribution in [0.2, 0.25) is 5.02 Å². The zero-order chi connectivity index (χ0) is 18.9. The Labute approximate surface area is 159 Å². The maximum Gasteiger partial charge on any atom is 0.264 e. The van der Waals surface area contributed by atoms with Gasteiger partial charge in [0.25, 0.3) is 15.9 Å². The molecule has 1 amide bonds. The van der Waals surface area contributed by atoms with Crippen molar-refractivity contribution >= 4 is 33.2 Å². The second kappa shape index (κ2) is 7.29. The van der Waals surface area contributed by atoms with Gasteiger partial charge in [-0.15, -0.1) is 0 Å². The third kappa shape index (κ3) is 3.71. The van der Waals surface area contributed by atoms with Gasteiger partial charge in [-0.1, -0.05) is 25.4 Å². The highest BCUT2D eigenvalue weighted by molar-refractivity contribution is 7.92. The molecular formula is C19H21ClN2O3S. The number of carbonyl (C=O) groups is 1. The first kappa shape index (κ1) is 18.7. The number of halogens is 1. The Hall–Kier alpha value is -2.05. The number of nitrogens with zero attached hydrogens (tertiary/aromatic N) is 1. The summed E-state index contributed by atoms with van der Waals surface area (Å²) in [6, 6.07) is 11.3. The molecule has 0 fully saturated rings. The van der Waals surface area contributed by atoms with E-state index < -0.39 is 10.0 Å². The molecular weight excluding hydrogens is 372 g/mol. The Morgan fingerprint density at radius 1 is 1.19 bits per heavy atom. The van der Waals surface area contributed by atoms with Crippen LogP contribution in [0.4, 0.5) is 5.69 Å². The monoisotopic (exact) mass is 392 g/mol. The lowest BCUT2D eigenvalue weighted by Gasteiger charge is -2.20. The number of carbonyl (C=O) groups excluding carboxylic acids is 1. The van der Waals surface area contributed by atoms with Crippen molar-refractivity contribution in [2.24, 2.45) is 5.92 Å². The van der Waals surface area contributed by atoms with Gasteiger partial charge in [0.2, 0.25) is 0 Å². The van der Waals surface area contributed by atoms with E-state index in [0.717, 1.165) is 5.56 Å². The van der Waals surface area contributed by atoms with Gasteiger partial charge in [-0.3, -0.25) is 9.10 Å². The molecule has 0 unspecified atom stereocenters. The summed E-state index contributed by atoms with van der Waals surface area (Å²) in [5, 5.41) is 3.37. The molecule has 1 aliphatic heterocycles. The molecule has 0 bridgehead atoms. The molecule has 0 atom stereocenters. The molecule has 3 rings (SSSR count). The van der Waals surface area contributed by atoms with E-state index in [1.807, 2.05) is 13.8 Å².